The van der Waals surface area contributed by atoms with Crippen molar-refractivity contribution in [1.29, 1.82) is 0 Å². The van der Waals surface area contributed by atoms with E-state index in [1.54, 1.807) is 18.5 Å². The molecule has 1 aromatic heterocycles. The van der Waals surface area contributed by atoms with Crippen LogP contribution in [0.15, 0.2) is 30.6 Å². The van der Waals surface area contributed by atoms with Crippen LogP contribution in [-0.4, -0.2) is 16.5 Å². The van der Waals surface area contributed by atoms with Gasteiger partial charge in [-0.15, -0.1) is 0 Å². The molecule has 94 valence electrons. The molecule has 0 aliphatic heterocycles. The van der Waals surface area contributed by atoms with Crippen molar-refractivity contribution in [1.82, 2.24) is 15.3 Å². The highest BCUT2D eigenvalue weighted by Crippen LogP contribution is 2.20. The number of rotatable bonds is 4. The SMILES string of the molecule is CCNCc1cnc(-c2cc(F)ccc2C)nc1. The van der Waals surface area contributed by atoms with Crippen LogP contribution in [0.5, 0.6) is 0 Å². The molecule has 0 amide bonds. The maximum absolute atomic E-state index is 13.2. The number of benzene rings is 1. The molecule has 0 unspecified atom stereocenters. The molecule has 1 N–H and O–H groups in total. The van der Waals surface area contributed by atoms with Gasteiger partial charge >= 0.3 is 0 Å². The molecule has 1 heterocycles. The average molecular weight is 245 g/mol. The van der Waals surface area contributed by atoms with E-state index in [4.69, 9.17) is 0 Å². The van der Waals surface area contributed by atoms with Gasteiger partial charge in [0.15, 0.2) is 5.82 Å². The van der Waals surface area contributed by atoms with E-state index in [0.717, 1.165) is 29.8 Å². The van der Waals surface area contributed by atoms with Crippen molar-refractivity contribution >= 4 is 0 Å². The van der Waals surface area contributed by atoms with Gasteiger partial charge in [-0.1, -0.05) is 13.0 Å². The van der Waals surface area contributed by atoms with Gasteiger partial charge in [0, 0.05) is 30.1 Å². The highest BCUT2D eigenvalue weighted by Gasteiger charge is 2.06. The van der Waals surface area contributed by atoms with Crippen molar-refractivity contribution in [3.05, 3.63) is 47.5 Å². The second kappa shape index (κ2) is 5.69. The van der Waals surface area contributed by atoms with Gasteiger partial charge in [-0.05, 0) is 31.2 Å². The zero-order chi connectivity index (χ0) is 13.0. The lowest BCUT2D eigenvalue weighted by Crippen LogP contribution is -2.12. The van der Waals surface area contributed by atoms with Crippen molar-refractivity contribution in [2.24, 2.45) is 0 Å². The van der Waals surface area contributed by atoms with Gasteiger partial charge in [-0.25, -0.2) is 14.4 Å². The first-order chi connectivity index (χ1) is 8.70. The molecule has 0 saturated carbocycles. The zero-order valence-corrected chi connectivity index (χ0v) is 10.6. The fraction of sp³-hybridized carbons (Fsp3) is 0.286. The molecule has 0 radical (unpaired) electrons. The molecule has 0 spiro atoms. The van der Waals surface area contributed by atoms with Crippen LogP contribution in [0.1, 0.15) is 18.1 Å². The van der Waals surface area contributed by atoms with E-state index in [9.17, 15) is 4.39 Å². The van der Waals surface area contributed by atoms with Crippen LogP contribution in [0.4, 0.5) is 4.39 Å². The normalized spacial score (nSPS) is 10.6. The molecule has 1 aromatic carbocycles. The van der Waals surface area contributed by atoms with Crippen LogP contribution in [0.3, 0.4) is 0 Å². The predicted molar refractivity (Wildman–Crippen MR) is 69.5 cm³/mol. The van der Waals surface area contributed by atoms with Gasteiger partial charge in [0.2, 0.25) is 0 Å². The maximum Gasteiger partial charge on any atom is 0.159 e. The number of hydrogen-bond acceptors (Lipinski definition) is 3. The Kier molecular flexibility index (Phi) is 3.99. The first-order valence-electron chi connectivity index (χ1n) is 5.99. The van der Waals surface area contributed by atoms with Gasteiger partial charge in [-0.2, -0.15) is 0 Å². The minimum atomic E-state index is -0.268. The third-order valence-electron chi connectivity index (χ3n) is 2.72. The third kappa shape index (κ3) is 2.90. The Bertz CT molecular complexity index is 523. The maximum atomic E-state index is 13.2. The second-order valence-electron chi connectivity index (χ2n) is 4.15. The molecular formula is C14H16FN3. The van der Waals surface area contributed by atoms with Gasteiger partial charge in [0.25, 0.3) is 0 Å². The Hall–Kier alpha value is -1.81. The molecule has 0 fully saturated rings. The Morgan fingerprint density at radius 2 is 1.94 bits per heavy atom. The summed E-state index contributed by atoms with van der Waals surface area (Å²) in [5, 5.41) is 3.20. The Morgan fingerprint density at radius 3 is 2.61 bits per heavy atom. The summed E-state index contributed by atoms with van der Waals surface area (Å²) < 4.78 is 13.2. The first-order valence-corrected chi connectivity index (χ1v) is 5.99. The van der Waals surface area contributed by atoms with Crippen molar-refractivity contribution in [2.45, 2.75) is 20.4 Å². The van der Waals surface area contributed by atoms with E-state index in [1.165, 1.54) is 12.1 Å². The van der Waals surface area contributed by atoms with Crippen LogP contribution in [0.2, 0.25) is 0 Å². The largest absolute Gasteiger partial charge is 0.313 e. The molecule has 2 rings (SSSR count). The number of aryl methyl sites for hydroxylation is 1. The van der Waals surface area contributed by atoms with Crippen LogP contribution in [0.25, 0.3) is 11.4 Å². The van der Waals surface area contributed by atoms with E-state index < -0.39 is 0 Å². The van der Waals surface area contributed by atoms with Gasteiger partial charge in [-0.3, -0.25) is 0 Å². The topological polar surface area (TPSA) is 37.8 Å². The number of halogens is 1. The average Bonchev–Trinajstić information content (AvgIpc) is 2.40. The van der Waals surface area contributed by atoms with Gasteiger partial charge in [0.1, 0.15) is 5.82 Å². The van der Waals surface area contributed by atoms with E-state index in [-0.39, 0.29) is 5.82 Å². The van der Waals surface area contributed by atoms with Gasteiger partial charge in [0.05, 0.1) is 0 Å². The quantitative estimate of drug-likeness (QED) is 0.900. The molecule has 4 heteroatoms. The molecule has 0 aliphatic rings. The molecule has 2 aromatic rings. The number of nitrogens with zero attached hydrogens (tertiary/aromatic N) is 2. The van der Waals surface area contributed by atoms with Crippen LogP contribution >= 0.6 is 0 Å². The van der Waals surface area contributed by atoms with E-state index in [0.29, 0.717) is 5.82 Å². The monoisotopic (exact) mass is 245 g/mol. The number of aromatic nitrogens is 2. The third-order valence-corrected chi connectivity index (χ3v) is 2.72. The lowest BCUT2D eigenvalue weighted by Gasteiger charge is -2.06. The Balaban J connectivity index is 2.25. The summed E-state index contributed by atoms with van der Waals surface area (Å²) in [6.45, 7) is 5.62. The summed E-state index contributed by atoms with van der Waals surface area (Å²) in [4.78, 5) is 8.57. The van der Waals surface area contributed by atoms with Gasteiger partial charge < -0.3 is 5.32 Å². The minimum Gasteiger partial charge on any atom is -0.313 e. The van der Waals surface area contributed by atoms with Crippen LogP contribution in [0, 0.1) is 12.7 Å². The molecule has 0 bridgehead atoms. The van der Waals surface area contributed by atoms with E-state index in [1.807, 2.05) is 13.8 Å². The lowest BCUT2D eigenvalue weighted by atomic mass is 10.1. The highest BCUT2D eigenvalue weighted by molar-refractivity contribution is 5.59. The molecule has 0 atom stereocenters. The van der Waals surface area contributed by atoms with Crippen LogP contribution < -0.4 is 5.32 Å². The fourth-order valence-electron chi connectivity index (χ4n) is 1.69. The molecule has 18 heavy (non-hydrogen) atoms. The zero-order valence-electron chi connectivity index (χ0n) is 10.6. The lowest BCUT2D eigenvalue weighted by molar-refractivity contribution is 0.627. The summed E-state index contributed by atoms with van der Waals surface area (Å²) in [7, 11) is 0. The Morgan fingerprint density at radius 1 is 1.22 bits per heavy atom. The summed E-state index contributed by atoms with van der Waals surface area (Å²) in [6.07, 6.45) is 3.55. The summed E-state index contributed by atoms with van der Waals surface area (Å²) in [5.41, 5.74) is 2.73. The second-order valence-corrected chi connectivity index (χ2v) is 4.15. The van der Waals surface area contributed by atoms with Crippen molar-refractivity contribution < 1.29 is 4.39 Å². The summed E-state index contributed by atoms with van der Waals surface area (Å²) in [6, 6.07) is 4.65. The smallest absolute Gasteiger partial charge is 0.159 e. The molecule has 0 aliphatic carbocycles. The van der Waals surface area contributed by atoms with Crippen molar-refractivity contribution in [3.63, 3.8) is 0 Å². The molecule has 0 saturated heterocycles. The minimum absolute atomic E-state index is 0.268. The molecular weight excluding hydrogens is 229 g/mol. The molecule has 3 nitrogen and oxygen atoms in total. The fourth-order valence-corrected chi connectivity index (χ4v) is 1.69. The summed E-state index contributed by atoms with van der Waals surface area (Å²) >= 11 is 0. The highest BCUT2D eigenvalue weighted by atomic mass is 19.1. The predicted octanol–water partition coefficient (Wildman–Crippen LogP) is 2.70. The Labute approximate surface area is 106 Å². The van der Waals surface area contributed by atoms with E-state index >= 15 is 0 Å². The van der Waals surface area contributed by atoms with Crippen LogP contribution in [-0.2, 0) is 6.54 Å². The van der Waals surface area contributed by atoms with E-state index in [2.05, 4.69) is 15.3 Å². The number of nitrogens with one attached hydrogen (secondary N) is 1. The van der Waals surface area contributed by atoms with Crippen molar-refractivity contribution in [2.75, 3.05) is 6.54 Å². The summed E-state index contributed by atoms with van der Waals surface area (Å²) in [5.74, 6) is 0.295. The number of hydrogen-bond donors (Lipinski definition) is 1. The van der Waals surface area contributed by atoms with Crippen molar-refractivity contribution in [3.8, 4) is 11.4 Å². The standard InChI is InChI=1S/C14H16FN3/c1-3-16-7-11-8-17-14(18-9-11)13-6-12(15)5-4-10(13)2/h4-6,8-9,16H,3,7H2,1-2H3. The first kappa shape index (κ1) is 12.6.